The molecular formula is C11H16N2. The van der Waals surface area contributed by atoms with Crippen molar-refractivity contribution in [3.05, 3.63) is 0 Å². The van der Waals surface area contributed by atoms with E-state index in [1.165, 1.54) is 0 Å². The lowest BCUT2D eigenvalue weighted by Crippen LogP contribution is -2.41. The molecule has 1 rings (SSSR count). The third kappa shape index (κ3) is 2.76. The molecule has 0 aromatic heterocycles. The van der Waals surface area contributed by atoms with Crippen LogP contribution in [0.4, 0.5) is 0 Å². The first-order chi connectivity index (χ1) is 6.20. The lowest BCUT2D eigenvalue weighted by Gasteiger charge is -2.35. The third-order valence-corrected chi connectivity index (χ3v) is 2.62. The SMILES string of the molecule is C#CCCN1CCCC(C)(C#N)C1. The van der Waals surface area contributed by atoms with Crippen molar-refractivity contribution in [2.75, 3.05) is 19.6 Å². The molecule has 1 unspecified atom stereocenters. The first kappa shape index (κ1) is 10.1. The van der Waals surface area contributed by atoms with Crippen LogP contribution in [-0.2, 0) is 0 Å². The maximum atomic E-state index is 8.98. The molecule has 2 nitrogen and oxygen atoms in total. The van der Waals surface area contributed by atoms with Gasteiger partial charge in [0.1, 0.15) is 0 Å². The minimum absolute atomic E-state index is 0.146. The minimum Gasteiger partial charge on any atom is -0.301 e. The zero-order chi connectivity index (χ0) is 9.73. The van der Waals surface area contributed by atoms with Crippen LogP contribution in [0.5, 0.6) is 0 Å². The predicted molar refractivity (Wildman–Crippen MR) is 52.8 cm³/mol. The molecule has 0 bridgehead atoms. The van der Waals surface area contributed by atoms with Crippen molar-refractivity contribution in [1.82, 2.24) is 4.90 Å². The normalized spacial score (nSPS) is 29.2. The first-order valence-electron chi connectivity index (χ1n) is 4.77. The summed E-state index contributed by atoms with van der Waals surface area (Å²) in [5, 5.41) is 8.98. The van der Waals surface area contributed by atoms with Crippen molar-refractivity contribution in [2.45, 2.75) is 26.2 Å². The van der Waals surface area contributed by atoms with Crippen molar-refractivity contribution in [3.63, 3.8) is 0 Å². The average Bonchev–Trinajstić information content (AvgIpc) is 2.15. The molecule has 13 heavy (non-hydrogen) atoms. The van der Waals surface area contributed by atoms with Crippen LogP contribution >= 0.6 is 0 Å². The van der Waals surface area contributed by atoms with E-state index < -0.39 is 0 Å². The monoisotopic (exact) mass is 176 g/mol. The van der Waals surface area contributed by atoms with Gasteiger partial charge in [-0.25, -0.2) is 0 Å². The van der Waals surface area contributed by atoms with E-state index in [-0.39, 0.29) is 5.41 Å². The Morgan fingerprint density at radius 2 is 2.38 bits per heavy atom. The highest BCUT2D eigenvalue weighted by atomic mass is 15.1. The van der Waals surface area contributed by atoms with Gasteiger partial charge < -0.3 is 4.90 Å². The van der Waals surface area contributed by atoms with Crippen LogP contribution in [0, 0.1) is 29.1 Å². The molecule has 2 heteroatoms. The van der Waals surface area contributed by atoms with Gasteiger partial charge in [0.05, 0.1) is 11.5 Å². The highest BCUT2D eigenvalue weighted by Gasteiger charge is 2.30. The summed E-state index contributed by atoms with van der Waals surface area (Å²) < 4.78 is 0. The van der Waals surface area contributed by atoms with Crippen molar-refractivity contribution in [3.8, 4) is 18.4 Å². The van der Waals surface area contributed by atoms with E-state index in [0.29, 0.717) is 0 Å². The summed E-state index contributed by atoms with van der Waals surface area (Å²) in [5.41, 5.74) is -0.146. The summed E-state index contributed by atoms with van der Waals surface area (Å²) in [4.78, 5) is 2.30. The van der Waals surface area contributed by atoms with Gasteiger partial charge in [-0.05, 0) is 26.3 Å². The Morgan fingerprint density at radius 3 is 3.00 bits per heavy atom. The average molecular weight is 176 g/mol. The van der Waals surface area contributed by atoms with Gasteiger partial charge in [0.25, 0.3) is 0 Å². The molecule has 0 spiro atoms. The van der Waals surface area contributed by atoms with Crippen molar-refractivity contribution >= 4 is 0 Å². The molecule has 0 amide bonds. The lowest BCUT2D eigenvalue weighted by molar-refractivity contribution is 0.146. The second kappa shape index (κ2) is 4.30. The summed E-state index contributed by atoms with van der Waals surface area (Å²) in [6.45, 7) is 4.95. The van der Waals surface area contributed by atoms with Gasteiger partial charge in [-0.1, -0.05) is 0 Å². The van der Waals surface area contributed by atoms with Gasteiger partial charge >= 0.3 is 0 Å². The Balaban J connectivity index is 2.44. The summed E-state index contributed by atoms with van der Waals surface area (Å²) in [6, 6.07) is 2.39. The molecule has 0 aliphatic carbocycles. The number of likely N-dealkylation sites (tertiary alicyclic amines) is 1. The fourth-order valence-corrected chi connectivity index (χ4v) is 1.85. The molecule has 1 aliphatic rings. The Morgan fingerprint density at radius 1 is 1.62 bits per heavy atom. The highest BCUT2D eigenvalue weighted by Crippen LogP contribution is 2.28. The number of hydrogen-bond acceptors (Lipinski definition) is 2. The van der Waals surface area contributed by atoms with Crippen molar-refractivity contribution in [1.29, 1.82) is 5.26 Å². The maximum Gasteiger partial charge on any atom is 0.0700 e. The maximum absolute atomic E-state index is 8.98. The fourth-order valence-electron chi connectivity index (χ4n) is 1.85. The van der Waals surface area contributed by atoms with Crippen LogP contribution in [-0.4, -0.2) is 24.5 Å². The van der Waals surface area contributed by atoms with Gasteiger partial charge in [-0.15, -0.1) is 12.3 Å². The summed E-state index contributed by atoms with van der Waals surface area (Å²) >= 11 is 0. The first-order valence-corrected chi connectivity index (χ1v) is 4.77. The van der Waals surface area contributed by atoms with Crippen LogP contribution in [0.15, 0.2) is 0 Å². The largest absolute Gasteiger partial charge is 0.301 e. The molecule has 1 aliphatic heterocycles. The Labute approximate surface area is 80.5 Å². The molecule has 0 saturated carbocycles. The van der Waals surface area contributed by atoms with Crippen LogP contribution in [0.25, 0.3) is 0 Å². The molecule has 1 atom stereocenters. The Bertz CT molecular complexity index is 246. The molecule has 0 aromatic carbocycles. The molecule has 70 valence electrons. The third-order valence-electron chi connectivity index (χ3n) is 2.62. The van der Waals surface area contributed by atoms with Gasteiger partial charge in [-0.2, -0.15) is 5.26 Å². The quantitative estimate of drug-likeness (QED) is 0.598. The Kier molecular flexibility index (Phi) is 3.34. The van der Waals surface area contributed by atoms with Crippen LogP contribution in [0.2, 0.25) is 0 Å². The fraction of sp³-hybridized carbons (Fsp3) is 0.727. The van der Waals surface area contributed by atoms with E-state index in [4.69, 9.17) is 11.7 Å². The van der Waals surface area contributed by atoms with E-state index in [0.717, 1.165) is 38.9 Å². The van der Waals surface area contributed by atoms with Crippen molar-refractivity contribution < 1.29 is 0 Å². The molecule has 0 aromatic rings. The van der Waals surface area contributed by atoms with E-state index >= 15 is 0 Å². The van der Waals surface area contributed by atoms with E-state index in [2.05, 4.69) is 16.9 Å². The van der Waals surface area contributed by atoms with Gasteiger partial charge in [-0.3, -0.25) is 0 Å². The zero-order valence-electron chi connectivity index (χ0n) is 8.21. The van der Waals surface area contributed by atoms with Crippen molar-refractivity contribution in [2.24, 2.45) is 5.41 Å². The number of nitriles is 1. The van der Waals surface area contributed by atoms with Gasteiger partial charge in [0, 0.05) is 19.5 Å². The van der Waals surface area contributed by atoms with Crippen LogP contribution < -0.4 is 0 Å². The topological polar surface area (TPSA) is 27.0 Å². The smallest absolute Gasteiger partial charge is 0.0700 e. The number of terminal acetylenes is 1. The number of nitrogens with zero attached hydrogens (tertiary/aromatic N) is 2. The Hall–Kier alpha value is -0.990. The lowest BCUT2D eigenvalue weighted by atomic mass is 9.83. The number of hydrogen-bond donors (Lipinski definition) is 0. The zero-order valence-corrected chi connectivity index (χ0v) is 8.21. The molecule has 0 N–H and O–H groups in total. The minimum atomic E-state index is -0.146. The van der Waals surface area contributed by atoms with E-state index in [1.807, 2.05) is 6.92 Å². The van der Waals surface area contributed by atoms with E-state index in [1.54, 1.807) is 0 Å². The van der Waals surface area contributed by atoms with Gasteiger partial charge in [0.15, 0.2) is 0 Å². The van der Waals surface area contributed by atoms with E-state index in [9.17, 15) is 0 Å². The molecule has 1 fully saturated rings. The van der Waals surface area contributed by atoms with Crippen LogP contribution in [0.1, 0.15) is 26.2 Å². The van der Waals surface area contributed by atoms with Crippen LogP contribution in [0.3, 0.4) is 0 Å². The van der Waals surface area contributed by atoms with Gasteiger partial charge in [0.2, 0.25) is 0 Å². The molecule has 1 saturated heterocycles. The highest BCUT2D eigenvalue weighted by molar-refractivity contribution is 5.00. The summed E-state index contributed by atoms with van der Waals surface area (Å²) in [6.07, 6.45) is 8.14. The molecule has 0 radical (unpaired) electrons. The molecule has 1 heterocycles. The number of piperidine rings is 1. The summed E-state index contributed by atoms with van der Waals surface area (Å²) in [7, 11) is 0. The standard InChI is InChI=1S/C11H16N2/c1-3-4-7-13-8-5-6-11(2,9-12)10-13/h1H,4-8,10H2,2H3. The second-order valence-electron chi connectivity index (χ2n) is 4.01. The summed E-state index contributed by atoms with van der Waals surface area (Å²) in [5.74, 6) is 2.64. The molecular weight excluding hydrogens is 160 g/mol. The predicted octanol–water partition coefficient (Wildman–Crippen LogP) is 1.64. The second-order valence-corrected chi connectivity index (χ2v) is 4.01. The number of rotatable bonds is 2.